The number of furan rings is 1. The first-order valence-corrected chi connectivity index (χ1v) is 11.2. The van der Waals surface area contributed by atoms with Gasteiger partial charge in [-0.3, -0.25) is 4.79 Å². The van der Waals surface area contributed by atoms with E-state index >= 15 is 0 Å². The number of fused-ring (bicyclic) bond motifs is 1. The molecule has 4 atom stereocenters. The molecule has 2 aromatic rings. The second-order valence-corrected chi connectivity index (χ2v) is 8.77. The van der Waals surface area contributed by atoms with E-state index in [0.29, 0.717) is 19.0 Å². The number of amides is 1. The number of nitrogens with zero attached hydrogens (tertiary/aromatic N) is 3. The summed E-state index contributed by atoms with van der Waals surface area (Å²) < 4.78 is 19.3. The van der Waals surface area contributed by atoms with E-state index in [1.54, 1.807) is 6.26 Å². The molecule has 2 aliphatic heterocycles. The number of hydrogen-bond donors (Lipinski definition) is 1. The summed E-state index contributed by atoms with van der Waals surface area (Å²) in [4.78, 5) is 12.6. The number of aryl methyl sites for hydroxylation is 1. The first-order valence-electron chi connectivity index (χ1n) is 11.2. The highest BCUT2D eigenvalue weighted by Gasteiger charge is 2.49. The van der Waals surface area contributed by atoms with Crippen LogP contribution in [0.2, 0.25) is 0 Å². The molecule has 8 nitrogen and oxygen atoms in total. The summed E-state index contributed by atoms with van der Waals surface area (Å²) >= 11 is 0. The Bertz CT molecular complexity index is 872. The summed E-state index contributed by atoms with van der Waals surface area (Å²) in [6.07, 6.45) is 11.6. The maximum Gasteiger partial charge on any atom is 0.287 e. The molecule has 3 fully saturated rings. The quantitative estimate of drug-likeness (QED) is 0.781. The number of rotatable bonds is 6. The van der Waals surface area contributed by atoms with E-state index < -0.39 is 0 Å². The second kappa shape index (κ2) is 8.51. The van der Waals surface area contributed by atoms with Gasteiger partial charge in [0.1, 0.15) is 18.2 Å². The summed E-state index contributed by atoms with van der Waals surface area (Å²) in [5.74, 6) is 0.890. The highest BCUT2D eigenvalue weighted by atomic mass is 16.6. The van der Waals surface area contributed by atoms with Gasteiger partial charge in [-0.25, -0.2) is 4.68 Å². The molecule has 0 spiro atoms. The summed E-state index contributed by atoms with van der Waals surface area (Å²) in [6.45, 7) is 2.93. The molecule has 1 N–H and O–H groups in total. The molecule has 8 heteroatoms. The molecule has 30 heavy (non-hydrogen) atoms. The summed E-state index contributed by atoms with van der Waals surface area (Å²) in [5.41, 5.74) is 1.96. The summed E-state index contributed by atoms with van der Waals surface area (Å²) in [5, 5.41) is 11.8. The molecule has 0 unspecified atom stereocenters. The zero-order valence-corrected chi connectivity index (χ0v) is 17.5. The predicted molar refractivity (Wildman–Crippen MR) is 108 cm³/mol. The van der Waals surface area contributed by atoms with Crippen molar-refractivity contribution in [3.05, 3.63) is 35.5 Å². The van der Waals surface area contributed by atoms with E-state index in [-0.39, 0.29) is 30.2 Å². The topological polar surface area (TPSA) is 91.4 Å². The Morgan fingerprint density at radius 2 is 2.03 bits per heavy atom. The second-order valence-electron chi connectivity index (χ2n) is 8.77. The van der Waals surface area contributed by atoms with Crippen molar-refractivity contribution >= 4 is 5.91 Å². The Balaban J connectivity index is 1.21. The van der Waals surface area contributed by atoms with Crippen molar-refractivity contribution in [1.29, 1.82) is 0 Å². The first kappa shape index (κ1) is 19.8. The summed E-state index contributed by atoms with van der Waals surface area (Å²) in [7, 11) is 0. The maximum atomic E-state index is 12.6. The lowest BCUT2D eigenvalue weighted by atomic mass is 9.86. The highest BCUT2D eigenvalue weighted by molar-refractivity contribution is 5.93. The molecule has 162 valence electrons. The van der Waals surface area contributed by atoms with E-state index in [9.17, 15) is 4.79 Å². The van der Waals surface area contributed by atoms with Crippen molar-refractivity contribution in [2.45, 2.75) is 76.2 Å². The molecular weight excluding hydrogens is 384 g/mol. The van der Waals surface area contributed by atoms with Gasteiger partial charge in [0.05, 0.1) is 31.2 Å². The van der Waals surface area contributed by atoms with Crippen molar-refractivity contribution in [3.8, 4) is 0 Å². The molecule has 1 amide bonds. The fraction of sp³-hybridized carbons (Fsp3) is 0.682. The third-order valence-electron chi connectivity index (χ3n) is 6.80. The monoisotopic (exact) mass is 414 g/mol. The molecule has 0 radical (unpaired) electrons. The van der Waals surface area contributed by atoms with Crippen LogP contribution in [0.1, 0.15) is 66.9 Å². The normalized spacial score (nSPS) is 29.2. The van der Waals surface area contributed by atoms with Crippen molar-refractivity contribution in [2.75, 3.05) is 13.2 Å². The van der Waals surface area contributed by atoms with Crippen LogP contribution in [-0.2, 0) is 22.3 Å². The van der Waals surface area contributed by atoms with Crippen LogP contribution in [0.15, 0.2) is 22.9 Å². The molecule has 4 heterocycles. The fourth-order valence-electron chi connectivity index (χ4n) is 5.13. The number of nitrogens with one attached hydrogen (secondary N) is 1. The minimum Gasteiger partial charge on any atom is -0.459 e. The van der Waals surface area contributed by atoms with E-state index in [0.717, 1.165) is 30.0 Å². The lowest BCUT2D eigenvalue weighted by molar-refractivity contribution is 0.0612. The third kappa shape index (κ3) is 3.78. The van der Waals surface area contributed by atoms with Gasteiger partial charge in [0.15, 0.2) is 5.76 Å². The van der Waals surface area contributed by atoms with Gasteiger partial charge in [0.2, 0.25) is 0 Å². The van der Waals surface area contributed by atoms with E-state index in [1.165, 1.54) is 32.1 Å². The van der Waals surface area contributed by atoms with Crippen molar-refractivity contribution in [3.63, 3.8) is 0 Å². The van der Waals surface area contributed by atoms with Crippen LogP contribution in [0.3, 0.4) is 0 Å². The van der Waals surface area contributed by atoms with Crippen molar-refractivity contribution in [1.82, 2.24) is 20.3 Å². The zero-order chi connectivity index (χ0) is 20.5. The average Bonchev–Trinajstić information content (AvgIpc) is 3.54. The number of aromatic nitrogens is 3. The molecular formula is C22H30N4O4. The number of ether oxygens (including phenoxy) is 2. The van der Waals surface area contributed by atoms with Crippen LogP contribution in [0.5, 0.6) is 0 Å². The number of hydrogen-bond acceptors (Lipinski definition) is 6. The van der Waals surface area contributed by atoms with E-state index in [2.05, 4.69) is 21.8 Å². The molecule has 2 saturated heterocycles. The van der Waals surface area contributed by atoms with Crippen LogP contribution in [0, 0.1) is 5.92 Å². The Morgan fingerprint density at radius 1 is 1.20 bits per heavy atom. The lowest BCUT2D eigenvalue weighted by Gasteiger charge is -2.20. The molecule has 0 aromatic carbocycles. The Kier molecular flexibility index (Phi) is 5.60. The maximum absolute atomic E-state index is 12.6. The molecule has 5 rings (SSSR count). The van der Waals surface area contributed by atoms with E-state index in [1.807, 2.05) is 17.7 Å². The van der Waals surface area contributed by atoms with Crippen LogP contribution in [-0.4, -0.2) is 52.4 Å². The smallest absolute Gasteiger partial charge is 0.287 e. The Morgan fingerprint density at radius 3 is 2.87 bits per heavy atom. The van der Waals surface area contributed by atoms with Crippen LogP contribution >= 0.6 is 0 Å². The van der Waals surface area contributed by atoms with Gasteiger partial charge in [-0.1, -0.05) is 44.2 Å². The van der Waals surface area contributed by atoms with Crippen molar-refractivity contribution < 1.29 is 18.7 Å². The van der Waals surface area contributed by atoms with E-state index in [4.69, 9.17) is 13.9 Å². The van der Waals surface area contributed by atoms with Crippen LogP contribution in [0.4, 0.5) is 0 Å². The average molecular weight is 415 g/mol. The Labute approximate surface area is 176 Å². The van der Waals surface area contributed by atoms with Crippen molar-refractivity contribution in [2.24, 2.45) is 5.92 Å². The number of carbonyl (C=O) groups is 1. The minimum absolute atomic E-state index is 0.0145. The highest BCUT2D eigenvalue weighted by Crippen LogP contribution is 2.34. The molecule has 2 aromatic heterocycles. The summed E-state index contributed by atoms with van der Waals surface area (Å²) in [6, 6.07) is 1.62. The van der Waals surface area contributed by atoms with Gasteiger partial charge in [0.25, 0.3) is 5.91 Å². The lowest BCUT2D eigenvalue weighted by Crippen LogP contribution is -2.44. The van der Waals surface area contributed by atoms with Crippen LogP contribution in [0.25, 0.3) is 0 Å². The fourth-order valence-corrected chi connectivity index (χ4v) is 5.13. The molecule has 1 aliphatic carbocycles. The van der Waals surface area contributed by atoms with Gasteiger partial charge in [0, 0.05) is 11.8 Å². The van der Waals surface area contributed by atoms with Crippen LogP contribution < -0.4 is 5.32 Å². The molecule has 1 saturated carbocycles. The first-order chi connectivity index (χ1) is 14.7. The van der Waals surface area contributed by atoms with Gasteiger partial charge in [-0.15, -0.1) is 5.10 Å². The standard InChI is InChI=1S/C22H30N4O4/c1-2-15-8-9-28-19(15)22(27)23-17-12-29-21-18(13-30-20(17)21)26-11-16(24-25-26)10-14-6-4-3-5-7-14/h8-9,11,14,17-18,20-21H,2-7,10,12-13H2,1H3,(H,23,27)/t17-,18-,20+,21+/m0/s1. The zero-order valence-electron chi connectivity index (χ0n) is 17.5. The molecule has 0 bridgehead atoms. The van der Waals surface area contributed by atoms with Gasteiger partial charge >= 0.3 is 0 Å². The third-order valence-corrected chi connectivity index (χ3v) is 6.80. The minimum atomic E-state index is -0.214. The largest absolute Gasteiger partial charge is 0.459 e. The SMILES string of the molecule is CCc1ccoc1C(=O)N[C@H]1CO[C@H]2[C@@H]1OC[C@@H]2n1cc(CC2CCCCC2)nn1. The van der Waals surface area contributed by atoms with Gasteiger partial charge < -0.3 is 19.2 Å². The predicted octanol–water partition coefficient (Wildman–Crippen LogP) is 2.69. The van der Waals surface area contributed by atoms with Gasteiger partial charge in [-0.05, 0) is 24.8 Å². The number of carbonyl (C=O) groups excluding carboxylic acids is 1. The molecule has 3 aliphatic rings. The Hall–Kier alpha value is -2.19. The van der Waals surface area contributed by atoms with Gasteiger partial charge in [-0.2, -0.15) is 0 Å².